The van der Waals surface area contributed by atoms with Crippen LogP contribution in [0.4, 0.5) is 0 Å². The maximum atomic E-state index is 5.84. The number of ether oxygens (including phenoxy) is 1. The lowest BCUT2D eigenvalue weighted by atomic mass is 10.1. The molecule has 0 saturated carbocycles. The number of nitrogens with two attached hydrogens (primary N) is 1. The average molecular weight is 291 g/mol. The summed E-state index contributed by atoms with van der Waals surface area (Å²) in [5.41, 5.74) is 8.26. The van der Waals surface area contributed by atoms with Crippen molar-refractivity contribution in [2.45, 2.75) is 13.0 Å². The molecule has 0 aliphatic carbocycles. The highest BCUT2D eigenvalue weighted by Crippen LogP contribution is 2.27. The zero-order valence-electron chi connectivity index (χ0n) is 8.41. The van der Waals surface area contributed by atoms with E-state index >= 15 is 0 Å². The summed E-state index contributed by atoms with van der Waals surface area (Å²) < 4.78 is 6.52. The predicted molar refractivity (Wildman–Crippen MR) is 67.2 cm³/mol. The van der Waals surface area contributed by atoms with E-state index in [1.54, 1.807) is 6.08 Å². The van der Waals surface area contributed by atoms with Crippen LogP contribution in [0.1, 0.15) is 18.5 Å². The summed E-state index contributed by atoms with van der Waals surface area (Å²) in [4.78, 5) is 0. The van der Waals surface area contributed by atoms with E-state index < -0.39 is 0 Å². The van der Waals surface area contributed by atoms with Gasteiger partial charge < -0.3 is 10.5 Å². The van der Waals surface area contributed by atoms with Crippen LogP contribution in [0, 0.1) is 0 Å². The smallest absolute Gasteiger partial charge is 0.124 e. The number of halogens is 2. The Morgan fingerprint density at radius 1 is 1.60 bits per heavy atom. The molecule has 2 N–H and O–H groups in total. The van der Waals surface area contributed by atoms with Crippen LogP contribution in [0.2, 0.25) is 0 Å². The number of hydrogen-bond donors (Lipinski definition) is 1. The summed E-state index contributed by atoms with van der Waals surface area (Å²) in [6, 6.07) is 5.72. The van der Waals surface area contributed by atoms with E-state index in [1.807, 2.05) is 25.1 Å². The molecule has 0 aliphatic rings. The van der Waals surface area contributed by atoms with Crippen molar-refractivity contribution in [3.63, 3.8) is 0 Å². The van der Waals surface area contributed by atoms with E-state index in [4.69, 9.17) is 22.1 Å². The van der Waals surface area contributed by atoms with Crippen LogP contribution in [0.5, 0.6) is 5.75 Å². The fourth-order valence-electron chi connectivity index (χ4n) is 1.18. The van der Waals surface area contributed by atoms with Gasteiger partial charge in [-0.1, -0.05) is 27.5 Å². The van der Waals surface area contributed by atoms with Crippen LogP contribution in [0.15, 0.2) is 34.3 Å². The highest BCUT2D eigenvalue weighted by molar-refractivity contribution is 9.10. The van der Waals surface area contributed by atoms with E-state index in [1.165, 1.54) is 5.54 Å². The number of hydrogen-bond acceptors (Lipinski definition) is 2. The third-order valence-electron chi connectivity index (χ3n) is 1.89. The van der Waals surface area contributed by atoms with Gasteiger partial charge in [0.2, 0.25) is 0 Å². The van der Waals surface area contributed by atoms with Crippen LogP contribution in [-0.4, -0.2) is 6.61 Å². The minimum atomic E-state index is -0.0579. The van der Waals surface area contributed by atoms with Crippen molar-refractivity contribution < 1.29 is 4.74 Å². The van der Waals surface area contributed by atoms with Gasteiger partial charge in [-0.3, -0.25) is 0 Å². The minimum absolute atomic E-state index is 0.0579. The second kappa shape index (κ2) is 6.16. The fraction of sp³-hybridized carbons (Fsp3) is 0.273. The number of benzene rings is 1. The first-order chi connectivity index (χ1) is 7.15. The maximum Gasteiger partial charge on any atom is 0.124 e. The van der Waals surface area contributed by atoms with E-state index in [9.17, 15) is 0 Å². The van der Waals surface area contributed by atoms with Crippen molar-refractivity contribution in [3.8, 4) is 5.75 Å². The zero-order chi connectivity index (χ0) is 11.3. The van der Waals surface area contributed by atoms with Gasteiger partial charge in [-0.25, -0.2) is 0 Å². The Balaban J connectivity index is 2.85. The van der Waals surface area contributed by atoms with Crippen molar-refractivity contribution >= 4 is 27.5 Å². The molecule has 0 fully saturated rings. The summed E-state index contributed by atoms with van der Waals surface area (Å²) in [7, 11) is 0. The van der Waals surface area contributed by atoms with E-state index in [0.717, 1.165) is 15.8 Å². The molecule has 1 aromatic rings. The Bertz CT molecular complexity index is 352. The third-order valence-corrected chi connectivity index (χ3v) is 2.56. The molecular weight excluding hydrogens is 277 g/mol. The lowest BCUT2D eigenvalue weighted by Gasteiger charge is -2.13. The molecule has 0 heterocycles. The molecule has 1 rings (SSSR count). The molecule has 0 unspecified atom stereocenters. The molecule has 0 radical (unpaired) electrons. The maximum absolute atomic E-state index is 5.84. The van der Waals surface area contributed by atoms with E-state index in [-0.39, 0.29) is 6.04 Å². The van der Waals surface area contributed by atoms with Crippen molar-refractivity contribution in [1.82, 2.24) is 0 Å². The van der Waals surface area contributed by atoms with Crippen molar-refractivity contribution in [3.05, 3.63) is 39.8 Å². The first kappa shape index (κ1) is 12.6. The first-order valence-electron chi connectivity index (χ1n) is 4.58. The molecule has 82 valence electrons. The van der Waals surface area contributed by atoms with Gasteiger partial charge in [0, 0.05) is 21.6 Å². The van der Waals surface area contributed by atoms with Crippen LogP contribution in [-0.2, 0) is 0 Å². The van der Waals surface area contributed by atoms with Gasteiger partial charge in [0.05, 0.1) is 0 Å². The Labute approximate surface area is 103 Å². The standard InChI is InChI=1S/C11H13BrClNO/c1-8(14)10-7-9(12)3-4-11(10)15-6-2-5-13/h2-5,7-8H,6,14H2,1H3/b5-2+/t8-/m0/s1. The molecule has 0 amide bonds. The van der Waals surface area contributed by atoms with Crippen molar-refractivity contribution in [2.24, 2.45) is 5.73 Å². The summed E-state index contributed by atoms with van der Waals surface area (Å²) in [6.07, 6.45) is 1.73. The summed E-state index contributed by atoms with van der Waals surface area (Å²) in [6.45, 7) is 2.37. The van der Waals surface area contributed by atoms with Gasteiger partial charge in [-0.2, -0.15) is 0 Å². The monoisotopic (exact) mass is 289 g/mol. The van der Waals surface area contributed by atoms with Gasteiger partial charge in [-0.15, -0.1) is 0 Å². The highest BCUT2D eigenvalue weighted by atomic mass is 79.9. The van der Waals surface area contributed by atoms with Crippen LogP contribution < -0.4 is 10.5 Å². The van der Waals surface area contributed by atoms with Gasteiger partial charge in [0.1, 0.15) is 12.4 Å². The molecule has 15 heavy (non-hydrogen) atoms. The third kappa shape index (κ3) is 3.86. The van der Waals surface area contributed by atoms with Crippen molar-refractivity contribution in [1.29, 1.82) is 0 Å². The Kier molecular flexibility index (Phi) is 5.15. The Hall–Kier alpha value is -0.510. The van der Waals surface area contributed by atoms with E-state index in [2.05, 4.69) is 15.9 Å². The zero-order valence-corrected chi connectivity index (χ0v) is 10.8. The van der Waals surface area contributed by atoms with Gasteiger partial charge in [0.25, 0.3) is 0 Å². The first-order valence-corrected chi connectivity index (χ1v) is 5.81. The van der Waals surface area contributed by atoms with Gasteiger partial charge in [0.15, 0.2) is 0 Å². The lowest BCUT2D eigenvalue weighted by Crippen LogP contribution is -2.08. The summed E-state index contributed by atoms with van der Waals surface area (Å²) in [5, 5.41) is 0. The second-order valence-electron chi connectivity index (χ2n) is 3.14. The molecule has 0 saturated heterocycles. The van der Waals surface area contributed by atoms with Gasteiger partial charge >= 0.3 is 0 Å². The summed E-state index contributed by atoms with van der Waals surface area (Å²) in [5.74, 6) is 0.794. The average Bonchev–Trinajstić information content (AvgIpc) is 2.20. The quantitative estimate of drug-likeness (QED) is 0.919. The Morgan fingerprint density at radius 3 is 2.93 bits per heavy atom. The predicted octanol–water partition coefficient (Wildman–Crippen LogP) is 3.60. The highest BCUT2D eigenvalue weighted by Gasteiger charge is 2.08. The largest absolute Gasteiger partial charge is 0.489 e. The van der Waals surface area contributed by atoms with E-state index in [0.29, 0.717) is 6.61 Å². The molecule has 0 aliphatic heterocycles. The molecule has 0 aromatic heterocycles. The van der Waals surface area contributed by atoms with Crippen LogP contribution >= 0.6 is 27.5 Å². The molecule has 1 aromatic carbocycles. The molecule has 4 heteroatoms. The van der Waals surface area contributed by atoms with Gasteiger partial charge in [-0.05, 0) is 31.2 Å². The molecule has 2 nitrogen and oxygen atoms in total. The van der Waals surface area contributed by atoms with Crippen molar-refractivity contribution in [2.75, 3.05) is 6.61 Å². The molecular formula is C11H13BrClNO. The second-order valence-corrected chi connectivity index (χ2v) is 4.31. The molecule has 0 spiro atoms. The minimum Gasteiger partial charge on any atom is -0.489 e. The fourth-order valence-corrected chi connectivity index (χ4v) is 1.63. The Morgan fingerprint density at radius 2 is 2.33 bits per heavy atom. The summed E-state index contributed by atoms with van der Waals surface area (Å²) >= 11 is 8.80. The number of rotatable bonds is 4. The van der Waals surface area contributed by atoms with Crippen LogP contribution in [0.3, 0.4) is 0 Å². The molecule has 0 bridgehead atoms. The normalized spacial score (nSPS) is 13.1. The SMILES string of the molecule is C[C@H](N)c1cc(Br)ccc1OC/C=C/Cl. The molecule has 1 atom stereocenters. The lowest BCUT2D eigenvalue weighted by molar-refractivity contribution is 0.357. The topological polar surface area (TPSA) is 35.2 Å². The van der Waals surface area contributed by atoms with Crippen LogP contribution in [0.25, 0.3) is 0 Å².